The van der Waals surface area contributed by atoms with E-state index in [0.717, 1.165) is 46.5 Å². The van der Waals surface area contributed by atoms with Gasteiger partial charge in [-0.2, -0.15) is 0 Å². The maximum absolute atomic E-state index is 12.9. The molecule has 1 aromatic heterocycles. The van der Waals surface area contributed by atoms with Crippen LogP contribution in [0.2, 0.25) is 0 Å². The van der Waals surface area contributed by atoms with Crippen molar-refractivity contribution in [3.05, 3.63) is 65.5 Å². The first-order valence-electron chi connectivity index (χ1n) is 11.0. The van der Waals surface area contributed by atoms with Crippen molar-refractivity contribution >= 4 is 23.4 Å². The van der Waals surface area contributed by atoms with E-state index < -0.39 is 0 Å². The largest absolute Gasteiger partial charge is 0.486 e. The van der Waals surface area contributed by atoms with Gasteiger partial charge in [0.05, 0.1) is 5.25 Å². The number of nitrogens with zero attached hydrogens (tertiary/aromatic N) is 3. The van der Waals surface area contributed by atoms with Crippen LogP contribution in [-0.4, -0.2) is 25.9 Å². The summed E-state index contributed by atoms with van der Waals surface area (Å²) in [4.78, 5) is 12.9. The zero-order valence-corrected chi connectivity index (χ0v) is 20.3. The topological polar surface area (TPSA) is 69.0 Å². The van der Waals surface area contributed by atoms with E-state index in [1.54, 1.807) is 0 Å². The van der Waals surface area contributed by atoms with Gasteiger partial charge in [-0.05, 0) is 56.4 Å². The number of nitrogens with one attached hydrogen (secondary N) is 1. The smallest absolute Gasteiger partial charge is 0.237 e. The molecule has 1 heterocycles. The zero-order chi connectivity index (χ0) is 23.1. The van der Waals surface area contributed by atoms with Crippen LogP contribution in [0.4, 0.5) is 5.69 Å². The third kappa shape index (κ3) is 6.36. The zero-order valence-electron chi connectivity index (χ0n) is 19.5. The van der Waals surface area contributed by atoms with E-state index in [1.165, 1.54) is 11.8 Å². The van der Waals surface area contributed by atoms with Crippen molar-refractivity contribution < 1.29 is 9.53 Å². The van der Waals surface area contributed by atoms with Gasteiger partial charge in [0, 0.05) is 12.2 Å². The van der Waals surface area contributed by atoms with Gasteiger partial charge in [-0.1, -0.05) is 62.0 Å². The van der Waals surface area contributed by atoms with Crippen LogP contribution in [0.25, 0.3) is 0 Å². The molecule has 170 valence electrons. The van der Waals surface area contributed by atoms with E-state index in [-0.39, 0.29) is 11.2 Å². The van der Waals surface area contributed by atoms with E-state index in [1.807, 2.05) is 69.3 Å². The molecule has 6 nitrogen and oxygen atoms in total. The highest BCUT2D eigenvalue weighted by Gasteiger charge is 2.21. The molecule has 32 heavy (non-hydrogen) atoms. The molecule has 3 aromatic rings. The van der Waals surface area contributed by atoms with E-state index >= 15 is 0 Å². The van der Waals surface area contributed by atoms with Gasteiger partial charge in [-0.25, -0.2) is 0 Å². The van der Waals surface area contributed by atoms with E-state index in [0.29, 0.717) is 12.5 Å². The average molecular weight is 453 g/mol. The number of thioether (sulfide) groups is 1. The molecule has 0 saturated carbocycles. The van der Waals surface area contributed by atoms with Gasteiger partial charge in [0.2, 0.25) is 5.91 Å². The van der Waals surface area contributed by atoms with Crippen molar-refractivity contribution in [2.24, 2.45) is 5.92 Å². The second-order valence-electron chi connectivity index (χ2n) is 8.35. The van der Waals surface area contributed by atoms with Crippen molar-refractivity contribution in [2.75, 3.05) is 5.32 Å². The summed E-state index contributed by atoms with van der Waals surface area (Å²) in [7, 11) is 0. The number of hydrogen-bond donors (Lipinski definition) is 1. The molecule has 0 aliphatic carbocycles. The minimum absolute atomic E-state index is 0.0482. The summed E-state index contributed by atoms with van der Waals surface area (Å²) < 4.78 is 7.98. The Morgan fingerprint density at radius 2 is 1.72 bits per heavy atom. The molecule has 7 heteroatoms. The second-order valence-corrected chi connectivity index (χ2v) is 9.66. The fraction of sp³-hybridized carbons (Fsp3) is 0.400. The lowest BCUT2D eigenvalue weighted by Crippen LogP contribution is -2.24. The van der Waals surface area contributed by atoms with Crippen LogP contribution < -0.4 is 10.1 Å². The molecule has 0 bridgehead atoms. The fourth-order valence-electron chi connectivity index (χ4n) is 3.24. The number of aryl methyl sites for hydroxylation is 2. The predicted molar refractivity (Wildman–Crippen MR) is 130 cm³/mol. The minimum atomic E-state index is -0.320. The lowest BCUT2D eigenvalue weighted by molar-refractivity contribution is -0.115. The number of hydrogen-bond acceptors (Lipinski definition) is 5. The number of amides is 1. The number of rotatable bonds is 10. The van der Waals surface area contributed by atoms with E-state index in [9.17, 15) is 4.79 Å². The van der Waals surface area contributed by atoms with Crippen LogP contribution in [0, 0.1) is 19.8 Å². The highest BCUT2D eigenvalue weighted by atomic mass is 32.2. The molecule has 0 fully saturated rings. The number of carbonyl (C=O) groups excluding carboxylic acids is 1. The van der Waals surface area contributed by atoms with Crippen LogP contribution in [0.1, 0.15) is 44.1 Å². The Bertz CT molecular complexity index is 1010. The molecule has 1 amide bonds. The maximum Gasteiger partial charge on any atom is 0.237 e. The summed E-state index contributed by atoms with van der Waals surface area (Å²) >= 11 is 1.43. The Kier molecular flexibility index (Phi) is 8.33. The third-order valence-corrected chi connectivity index (χ3v) is 6.30. The van der Waals surface area contributed by atoms with Crippen LogP contribution in [0.3, 0.4) is 0 Å². The molecular formula is C25H32N4O2S. The molecular weight excluding hydrogens is 420 g/mol. The van der Waals surface area contributed by atoms with Gasteiger partial charge in [0.1, 0.15) is 12.4 Å². The van der Waals surface area contributed by atoms with Gasteiger partial charge >= 0.3 is 0 Å². The number of ether oxygens (including phenoxy) is 1. The number of aromatic nitrogens is 3. The summed E-state index contributed by atoms with van der Waals surface area (Å²) in [6, 6.07) is 15.7. The SMILES string of the molecule is Cc1cccc(C)c1NC(=O)C(C)Sc1nnc(COc2ccccc2)n1CCC(C)C. The first-order chi connectivity index (χ1) is 15.3. The van der Waals surface area contributed by atoms with Crippen molar-refractivity contribution in [3.8, 4) is 5.75 Å². The molecule has 1 N–H and O–H groups in total. The monoisotopic (exact) mass is 452 g/mol. The lowest BCUT2D eigenvalue weighted by Gasteiger charge is -2.16. The Hall–Kier alpha value is -2.80. The van der Waals surface area contributed by atoms with E-state index in [2.05, 4.69) is 33.9 Å². The number of anilines is 1. The Morgan fingerprint density at radius 1 is 1.03 bits per heavy atom. The van der Waals surface area contributed by atoms with Gasteiger partial charge in [0.25, 0.3) is 0 Å². The van der Waals surface area contributed by atoms with Crippen molar-refractivity contribution in [3.63, 3.8) is 0 Å². The predicted octanol–water partition coefficient (Wildman–Crippen LogP) is 5.64. The molecule has 1 atom stereocenters. The molecule has 0 aliphatic heterocycles. The van der Waals surface area contributed by atoms with Crippen LogP contribution in [0.15, 0.2) is 53.7 Å². The second kappa shape index (κ2) is 11.2. The number of benzene rings is 2. The van der Waals surface area contributed by atoms with Crippen LogP contribution in [-0.2, 0) is 17.9 Å². The highest BCUT2D eigenvalue weighted by Crippen LogP contribution is 2.26. The highest BCUT2D eigenvalue weighted by molar-refractivity contribution is 8.00. The molecule has 0 aliphatic rings. The molecule has 0 spiro atoms. The summed E-state index contributed by atoms with van der Waals surface area (Å²) in [5.74, 6) is 2.05. The Balaban J connectivity index is 1.72. The van der Waals surface area contributed by atoms with Crippen molar-refractivity contribution in [1.29, 1.82) is 0 Å². The first-order valence-corrected chi connectivity index (χ1v) is 11.9. The molecule has 0 radical (unpaired) electrons. The normalized spacial score (nSPS) is 12.1. The molecule has 1 unspecified atom stereocenters. The van der Waals surface area contributed by atoms with Gasteiger partial charge in [-0.3, -0.25) is 4.79 Å². The summed E-state index contributed by atoms with van der Waals surface area (Å²) in [6.45, 7) is 11.4. The summed E-state index contributed by atoms with van der Waals surface area (Å²) in [5.41, 5.74) is 2.98. The third-order valence-electron chi connectivity index (χ3n) is 5.22. The van der Waals surface area contributed by atoms with Crippen LogP contribution in [0.5, 0.6) is 5.75 Å². The summed E-state index contributed by atoms with van der Waals surface area (Å²) in [6.07, 6.45) is 0.993. The van der Waals surface area contributed by atoms with Gasteiger partial charge < -0.3 is 14.6 Å². The molecule has 0 saturated heterocycles. The molecule has 3 rings (SSSR count). The summed E-state index contributed by atoms with van der Waals surface area (Å²) in [5, 5.41) is 12.3. The number of carbonyl (C=O) groups is 1. The van der Waals surface area contributed by atoms with Gasteiger partial charge in [-0.15, -0.1) is 10.2 Å². The first kappa shape index (κ1) is 23.9. The maximum atomic E-state index is 12.9. The van der Waals surface area contributed by atoms with Crippen molar-refractivity contribution in [1.82, 2.24) is 14.8 Å². The van der Waals surface area contributed by atoms with Crippen LogP contribution >= 0.6 is 11.8 Å². The Morgan fingerprint density at radius 3 is 2.38 bits per heavy atom. The number of para-hydroxylation sites is 2. The molecule has 2 aromatic carbocycles. The van der Waals surface area contributed by atoms with E-state index in [4.69, 9.17) is 4.74 Å². The average Bonchev–Trinajstić information content (AvgIpc) is 3.15. The Labute approximate surface area is 194 Å². The minimum Gasteiger partial charge on any atom is -0.486 e. The van der Waals surface area contributed by atoms with Crippen molar-refractivity contribution in [2.45, 2.75) is 64.6 Å². The standard InChI is InChI=1S/C25H32N4O2S/c1-17(2)14-15-29-22(16-31-21-12-7-6-8-13-21)27-28-25(29)32-20(5)24(30)26-23-18(3)10-9-11-19(23)4/h6-13,17,20H,14-16H2,1-5H3,(H,26,30). The lowest BCUT2D eigenvalue weighted by atomic mass is 10.1. The fourth-order valence-corrected chi connectivity index (χ4v) is 4.13. The quantitative estimate of drug-likeness (QED) is 0.403. The van der Waals surface area contributed by atoms with Gasteiger partial charge in [0.15, 0.2) is 11.0 Å².